The highest BCUT2D eigenvalue weighted by atomic mass is 35.5. The number of halogens is 1. The summed E-state index contributed by atoms with van der Waals surface area (Å²) in [4.78, 5) is 12.1. The van der Waals surface area contributed by atoms with Gasteiger partial charge in [-0.3, -0.25) is 4.79 Å². The van der Waals surface area contributed by atoms with Crippen molar-refractivity contribution in [2.24, 2.45) is 0 Å². The fraction of sp³-hybridized carbons (Fsp3) is 0.176. The van der Waals surface area contributed by atoms with E-state index in [2.05, 4.69) is 5.32 Å². The van der Waals surface area contributed by atoms with Crippen molar-refractivity contribution in [2.45, 2.75) is 20.0 Å². The highest BCUT2D eigenvalue weighted by Gasteiger charge is 2.16. The fourth-order valence-electron chi connectivity index (χ4n) is 1.85. The standard InChI is InChI=1S/C17H15ClN2O2/c1-11-6-7-16(15(18)8-11)20-17(21)12(2)22-14-5-3-4-13(9-14)10-19/h3-9,12H,1-2H3,(H,20,21). The molecule has 22 heavy (non-hydrogen) atoms. The molecular weight excluding hydrogens is 300 g/mol. The number of benzene rings is 2. The van der Waals surface area contributed by atoms with Crippen LogP contribution in [0.3, 0.4) is 0 Å². The van der Waals surface area contributed by atoms with Gasteiger partial charge in [-0.2, -0.15) is 5.26 Å². The van der Waals surface area contributed by atoms with E-state index in [4.69, 9.17) is 21.6 Å². The van der Waals surface area contributed by atoms with Crippen LogP contribution in [-0.4, -0.2) is 12.0 Å². The lowest BCUT2D eigenvalue weighted by molar-refractivity contribution is -0.122. The molecule has 4 nitrogen and oxygen atoms in total. The van der Waals surface area contributed by atoms with Crippen LogP contribution in [0.2, 0.25) is 5.02 Å². The first-order chi connectivity index (χ1) is 10.5. The number of carbonyl (C=O) groups is 1. The van der Waals surface area contributed by atoms with Crippen molar-refractivity contribution in [1.82, 2.24) is 0 Å². The van der Waals surface area contributed by atoms with Gasteiger partial charge in [0, 0.05) is 0 Å². The largest absolute Gasteiger partial charge is 0.481 e. The van der Waals surface area contributed by atoms with E-state index in [1.165, 1.54) is 0 Å². The van der Waals surface area contributed by atoms with Crippen LogP contribution >= 0.6 is 11.6 Å². The van der Waals surface area contributed by atoms with Crippen molar-refractivity contribution < 1.29 is 9.53 Å². The normalized spacial score (nSPS) is 11.4. The molecule has 0 aliphatic carbocycles. The molecule has 0 aliphatic heterocycles. The van der Waals surface area contributed by atoms with Crippen LogP contribution in [0.15, 0.2) is 42.5 Å². The number of anilines is 1. The predicted molar refractivity (Wildman–Crippen MR) is 86.1 cm³/mol. The van der Waals surface area contributed by atoms with Gasteiger partial charge in [0.2, 0.25) is 0 Å². The summed E-state index contributed by atoms with van der Waals surface area (Å²) >= 11 is 6.09. The Kier molecular flexibility index (Phi) is 5.03. The summed E-state index contributed by atoms with van der Waals surface area (Å²) in [6.45, 7) is 3.56. The third-order valence-electron chi connectivity index (χ3n) is 3.03. The van der Waals surface area contributed by atoms with Crippen LogP contribution in [0.5, 0.6) is 5.75 Å². The van der Waals surface area contributed by atoms with E-state index in [1.807, 2.05) is 19.1 Å². The van der Waals surface area contributed by atoms with E-state index in [0.29, 0.717) is 22.0 Å². The van der Waals surface area contributed by atoms with E-state index in [9.17, 15) is 4.79 Å². The second-order valence-electron chi connectivity index (χ2n) is 4.87. The number of ether oxygens (including phenoxy) is 1. The van der Waals surface area contributed by atoms with E-state index < -0.39 is 6.10 Å². The Balaban J connectivity index is 2.04. The maximum Gasteiger partial charge on any atom is 0.265 e. The van der Waals surface area contributed by atoms with Crippen molar-refractivity contribution in [3.05, 3.63) is 58.6 Å². The van der Waals surface area contributed by atoms with E-state index >= 15 is 0 Å². The van der Waals surface area contributed by atoms with Crippen LogP contribution in [0, 0.1) is 18.3 Å². The summed E-state index contributed by atoms with van der Waals surface area (Å²) in [7, 11) is 0. The summed E-state index contributed by atoms with van der Waals surface area (Å²) in [5, 5.41) is 12.1. The molecule has 0 saturated carbocycles. The van der Waals surface area contributed by atoms with E-state index in [1.54, 1.807) is 43.3 Å². The molecule has 0 aromatic heterocycles. The number of hydrogen-bond donors (Lipinski definition) is 1. The summed E-state index contributed by atoms with van der Waals surface area (Å²) in [6, 6.07) is 14.1. The van der Waals surface area contributed by atoms with Gasteiger partial charge >= 0.3 is 0 Å². The van der Waals surface area contributed by atoms with Crippen molar-refractivity contribution in [3.63, 3.8) is 0 Å². The first-order valence-electron chi connectivity index (χ1n) is 6.73. The molecule has 2 aromatic rings. The number of rotatable bonds is 4. The number of nitriles is 1. The van der Waals surface area contributed by atoms with Crippen LogP contribution in [0.25, 0.3) is 0 Å². The Bertz CT molecular complexity index is 738. The molecule has 0 fully saturated rings. The maximum absolute atomic E-state index is 12.1. The molecular formula is C17H15ClN2O2. The number of nitrogens with one attached hydrogen (secondary N) is 1. The second kappa shape index (κ2) is 6.97. The Morgan fingerprint density at radius 1 is 1.32 bits per heavy atom. The molecule has 0 aliphatic rings. The Morgan fingerprint density at radius 3 is 2.77 bits per heavy atom. The van der Waals surface area contributed by atoms with E-state index in [-0.39, 0.29) is 5.91 Å². The zero-order chi connectivity index (χ0) is 16.1. The van der Waals surface area contributed by atoms with Crippen molar-refractivity contribution in [3.8, 4) is 11.8 Å². The summed E-state index contributed by atoms with van der Waals surface area (Å²) in [5.41, 5.74) is 2.03. The number of nitrogens with zero attached hydrogens (tertiary/aromatic N) is 1. The van der Waals surface area contributed by atoms with Crippen LogP contribution in [0.1, 0.15) is 18.1 Å². The van der Waals surface area contributed by atoms with Gasteiger partial charge in [-0.1, -0.05) is 23.7 Å². The van der Waals surface area contributed by atoms with Gasteiger partial charge in [0.05, 0.1) is 22.3 Å². The molecule has 1 amide bonds. The molecule has 1 atom stereocenters. The molecule has 0 saturated heterocycles. The maximum atomic E-state index is 12.1. The zero-order valence-corrected chi connectivity index (χ0v) is 13.0. The van der Waals surface area contributed by atoms with Crippen LogP contribution < -0.4 is 10.1 Å². The van der Waals surface area contributed by atoms with Crippen molar-refractivity contribution in [1.29, 1.82) is 5.26 Å². The fourth-order valence-corrected chi connectivity index (χ4v) is 2.13. The quantitative estimate of drug-likeness (QED) is 0.930. The van der Waals surface area contributed by atoms with Crippen molar-refractivity contribution >= 4 is 23.2 Å². The Morgan fingerprint density at radius 2 is 2.09 bits per heavy atom. The minimum absolute atomic E-state index is 0.312. The third-order valence-corrected chi connectivity index (χ3v) is 3.34. The summed E-state index contributed by atoms with van der Waals surface area (Å²) in [5.74, 6) is 0.157. The average molecular weight is 315 g/mol. The molecule has 0 heterocycles. The summed E-state index contributed by atoms with van der Waals surface area (Å²) in [6.07, 6.45) is -0.716. The Hall–Kier alpha value is -2.51. The van der Waals surface area contributed by atoms with Crippen LogP contribution in [0.4, 0.5) is 5.69 Å². The minimum Gasteiger partial charge on any atom is -0.481 e. The molecule has 1 N–H and O–H groups in total. The molecule has 0 radical (unpaired) electrons. The molecule has 2 rings (SSSR count). The summed E-state index contributed by atoms with van der Waals surface area (Å²) < 4.78 is 5.55. The molecule has 112 valence electrons. The number of hydrogen-bond acceptors (Lipinski definition) is 3. The van der Waals surface area contributed by atoms with Gasteiger partial charge < -0.3 is 10.1 Å². The van der Waals surface area contributed by atoms with Gasteiger partial charge in [-0.25, -0.2) is 0 Å². The van der Waals surface area contributed by atoms with Gasteiger partial charge in [0.25, 0.3) is 5.91 Å². The number of carbonyl (C=O) groups excluding carboxylic acids is 1. The first kappa shape index (κ1) is 15.9. The second-order valence-corrected chi connectivity index (χ2v) is 5.28. The minimum atomic E-state index is -0.716. The number of amides is 1. The average Bonchev–Trinajstić information content (AvgIpc) is 2.50. The SMILES string of the molecule is Cc1ccc(NC(=O)C(C)Oc2cccc(C#N)c2)c(Cl)c1. The molecule has 0 spiro atoms. The molecule has 0 bridgehead atoms. The smallest absolute Gasteiger partial charge is 0.265 e. The molecule has 1 unspecified atom stereocenters. The van der Waals surface area contributed by atoms with Crippen molar-refractivity contribution in [2.75, 3.05) is 5.32 Å². The molecule has 2 aromatic carbocycles. The first-order valence-corrected chi connectivity index (χ1v) is 7.11. The lowest BCUT2D eigenvalue weighted by atomic mass is 10.2. The van der Waals surface area contributed by atoms with E-state index in [0.717, 1.165) is 5.56 Å². The third kappa shape index (κ3) is 4.00. The highest BCUT2D eigenvalue weighted by molar-refractivity contribution is 6.33. The lowest BCUT2D eigenvalue weighted by Crippen LogP contribution is -2.30. The number of aryl methyl sites for hydroxylation is 1. The molecule has 5 heteroatoms. The zero-order valence-electron chi connectivity index (χ0n) is 12.3. The monoisotopic (exact) mass is 314 g/mol. The Labute approximate surface area is 134 Å². The lowest BCUT2D eigenvalue weighted by Gasteiger charge is -2.15. The van der Waals surface area contributed by atoms with Crippen LogP contribution in [-0.2, 0) is 4.79 Å². The van der Waals surface area contributed by atoms with Gasteiger partial charge in [-0.05, 0) is 49.7 Å². The topological polar surface area (TPSA) is 62.1 Å². The van der Waals surface area contributed by atoms with Gasteiger partial charge in [-0.15, -0.1) is 0 Å². The van der Waals surface area contributed by atoms with Gasteiger partial charge in [0.15, 0.2) is 6.10 Å². The van der Waals surface area contributed by atoms with Gasteiger partial charge in [0.1, 0.15) is 5.75 Å². The highest BCUT2D eigenvalue weighted by Crippen LogP contribution is 2.23. The predicted octanol–water partition coefficient (Wildman–Crippen LogP) is 3.93.